The van der Waals surface area contributed by atoms with Gasteiger partial charge in [0.2, 0.25) is 5.91 Å². The molecule has 1 aromatic rings. The second-order valence-corrected chi connectivity index (χ2v) is 8.35. The van der Waals surface area contributed by atoms with Crippen molar-refractivity contribution in [1.82, 2.24) is 25.0 Å². The molecule has 136 valence electrons. The third-order valence-corrected chi connectivity index (χ3v) is 6.26. The van der Waals surface area contributed by atoms with Crippen LogP contribution in [0.15, 0.2) is 17.8 Å². The van der Waals surface area contributed by atoms with Crippen LogP contribution in [0.25, 0.3) is 0 Å². The van der Waals surface area contributed by atoms with Gasteiger partial charge in [-0.15, -0.1) is 16.8 Å². The van der Waals surface area contributed by atoms with Gasteiger partial charge < -0.3 is 14.8 Å². The first kappa shape index (κ1) is 17.1. The molecule has 0 spiro atoms. The number of hydrogen-bond donors (Lipinski definition) is 1. The molecule has 3 aliphatic rings. The van der Waals surface area contributed by atoms with E-state index in [0.29, 0.717) is 24.3 Å². The third-order valence-electron chi connectivity index (χ3n) is 5.29. The lowest BCUT2D eigenvalue weighted by Crippen LogP contribution is -2.45. The van der Waals surface area contributed by atoms with E-state index < -0.39 is 0 Å². The highest BCUT2D eigenvalue weighted by Gasteiger charge is 2.32. The normalized spacial score (nSPS) is 22.1. The average Bonchev–Trinajstić information content (AvgIpc) is 3.52. The number of thioether (sulfide) groups is 1. The number of likely N-dealkylation sites (tertiary alicyclic amines) is 1. The van der Waals surface area contributed by atoms with Gasteiger partial charge in [-0.2, -0.15) is 0 Å². The Bertz CT molecular complexity index is 629. The second-order valence-electron chi connectivity index (χ2n) is 7.41. The standard InChI is InChI=1S/C18H27N5OS/c1-2-9-23-17(13-3-4-13)20-21-18(23)25-12-16(24)19-14-7-10-22(11-8-14)15-5-6-15/h2,13-15H,1,3-12H2,(H,19,24). The zero-order chi connectivity index (χ0) is 17.2. The zero-order valence-electron chi connectivity index (χ0n) is 14.7. The highest BCUT2D eigenvalue weighted by Crippen LogP contribution is 2.40. The topological polar surface area (TPSA) is 63.1 Å². The molecule has 0 radical (unpaired) electrons. The van der Waals surface area contributed by atoms with Gasteiger partial charge in [-0.25, -0.2) is 0 Å². The van der Waals surface area contributed by atoms with Crippen LogP contribution < -0.4 is 5.32 Å². The number of allylic oxidation sites excluding steroid dienone is 1. The smallest absolute Gasteiger partial charge is 0.230 e. The molecule has 1 aromatic heterocycles. The van der Waals surface area contributed by atoms with E-state index in [1.165, 1.54) is 37.4 Å². The molecule has 1 saturated heterocycles. The van der Waals surface area contributed by atoms with Crippen molar-refractivity contribution < 1.29 is 4.79 Å². The molecule has 1 amide bonds. The summed E-state index contributed by atoms with van der Waals surface area (Å²) in [7, 11) is 0. The number of carbonyl (C=O) groups is 1. The van der Waals surface area contributed by atoms with Gasteiger partial charge in [-0.3, -0.25) is 4.79 Å². The van der Waals surface area contributed by atoms with Crippen molar-refractivity contribution in [3.63, 3.8) is 0 Å². The van der Waals surface area contributed by atoms with E-state index >= 15 is 0 Å². The van der Waals surface area contributed by atoms with Gasteiger partial charge in [0, 0.05) is 37.6 Å². The molecular weight excluding hydrogens is 334 g/mol. The molecule has 1 N–H and O–H groups in total. The number of piperidine rings is 1. The molecule has 2 saturated carbocycles. The summed E-state index contributed by atoms with van der Waals surface area (Å²) in [5.74, 6) is 2.11. The van der Waals surface area contributed by atoms with Crippen LogP contribution in [-0.4, -0.2) is 56.5 Å². The Hall–Kier alpha value is -1.34. The molecule has 0 unspecified atom stereocenters. The molecule has 2 aliphatic carbocycles. The van der Waals surface area contributed by atoms with Crippen LogP contribution in [0.1, 0.15) is 50.3 Å². The van der Waals surface area contributed by atoms with Crippen LogP contribution in [0.5, 0.6) is 0 Å². The van der Waals surface area contributed by atoms with Crippen molar-refractivity contribution in [3.05, 3.63) is 18.5 Å². The molecule has 2 heterocycles. The molecule has 7 heteroatoms. The van der Waals surface area contributed by atoms with Gasteiger partial charge in [-0.05, 0) is 38.5 Å². The van der Waals surface area contributed by atoms with E-state index in [0.717, 1.165) is 43.0 Å². The fraction of sp³-hybridized carbons (Fsp3) is 0.722. The maximum atomic E-state index is 12.3. The second kappa shape index (κ2) is 7.50. The van der Waals surface area contributed by atoms with E-state index in [-0.39, 0.29) is 5.91 Å². The van der Waals surface area contributed by atoms with Gasteiger partial charge in [-0.1, -0.05) is 17.8 Å². The maximum Gasteiger partial charge on any atom is 0.230 e. The Morgan fingerprint density at radius 3 is 2.60 bits per heavy atom. The van der Waals surface area contributed by atoms with Crippen molar-refractivity contribution in [2.24, 2.45) is 0 Å². The number of carbonyl (C=O) groups excluding carboxylic acids is 1. The van der Waals surface area contributed by atoms with Crippen LogP contribution in [-0.2, 0) is 11.3 Å². The first-order chi connectivity index (χ1) is 12.2. The lowest BCUT2D eigenvalue weighted by molar-refractivity contribution is -0.119. The summed E-state index contributed by atoms with van der Waals surface area (Å²) in [6.45, 7) is 6.79. The van der Waals surface area contributed by atoms with Crippen molar-refractivity contribution >= 4 is 17.7 Å². The van der Waals surface area contributed by atoms with E-state index in [9.17, 15) is 4.79 Å². The third kappa shape index (κ3) is 4.26. The lowest BCUT2D eigenvalue weighted by Gasteiger charge is -2.32. The monoisotopic (exact) mass is 361 g/mol. The Morgan fingerprint density at radius 2 is 1.96 bits per heavy atom. The Labute approximate surface area is 153 Å². The number of rotatable bonds is 8. The molecule has 3 fully saturated rings. The lowest BCUT2D eigenvalue weighted by atomic mass is 10.1. The minimum atomic E-state index is 0.107. The number of hydrogen-bond acceptors (Lipinski definition) is 5. The molecular formula is C18H27N5OS. The maximum absolute atomic E-state index is 12.3. The first-order valence-corrected chi connectivity index (χ1v) is 10.4. The van der Waals surface area contributed by atoms with E-state index in [1.54, 1.807) is 0 Å². The average molecular weight is 362 g/mol. The fourth-order valence-electron chi connectivity index (χ4n) is 3.60. The van der Waals surface area contributed by atoms with E-state index in [2.05, 4.69) is 31.6 Å². The van der Waals surface area contributed by atoms with Crippen molar-refractivity contribution in [2.75, 3.05) is 18.8 Å². The number of nitrogens with one attached hydrogen (secondary N) is 1. The van der Waals surface area contributed by atoms with Crippen LogP contribution in [0.2, 0.25) is 0 Å². The molecule has 0 aromatic carbocycles. The molecule has 6 nitrogen and oxygen atoms in total. The predicted molar refractivity (Wildman–Crippen MR) is 98.7 cm³/mol. The largest absolute Gasteiger partial charge is 0.353 e. The van der Waals surface area contributed by atoms with E-state index in [4.69, 9.17) is 0 Å². The molecule has 1 aliphatic heterocycles. The molecule has 0 bridgehead atoms. The molecule has 4 rings (SSSR count). The Kier molecular flexibility index (Phi) is 5.12. The summed E-state index contributed by atoms with van der Waals surface area (Å²) in [5.41, 5.74) is 0. The fourth-order valence-corrected chi connectivity index (χ4v) is 4.37. The summed E-state index contributed by atoms with van der Waals surface area (Å²) in [5, 5.41) is 12.7. The minimum absolute atomic E-state index is 0.107. The van der Waals surface area contributed by atoms with Crippen molar-refractivity contribution in [3.8, 4) is 0 Å². The number of aromatic nitrogens is 3. The van der Waals surface area contributed by atoms with Crippen molar-refractivity contribution in [1.29, 1.82) is 0 Å². The van der Waals surface area contributed by atoms with Gasteiger partial charge >= 0.3 is 0 Å². The van der Waals surface area contributed by atoms with Gasteiger partial charge in [0.25, 0.3) is 0 Å². The Morgan fingerprint density at radius 1 is 1.20 bits per heavy atom. The van der Waals surface area contributed by atoms with Crippen LogP contribution in [0.3, 0.4) is 0 Å². The van der Waals surface area contributed by atoms with Crippen LogP contribution in [0, 0.1) is 0 Å². The number of nitrogens with zero attached hydrogens (tertiary/aromatic N) is 4. The summed E-state index contributed by atoms with van der Waals surface area (Å²) < 4.78 is 2.11. The van der Waals surface area contributed by atoms with Crippen LogP contribution in [0.4, 0.5) is 0 Å². The van der Waals surface area contributed by atoms with E-state index in [1.807, 2.05) is 6.08 Å². The van der Waals surface area contributed by atoms with Gasteiger partial charge in [0.1, 0.15) is 5.82 Å². The Balaban J connectivity index is 1.25. The summed E-state index contributed by atoms with van der Waals surface area (Å²) in [6.07, 6.45) is 9.13. The highest BCUT2D eigenvalue weighted by molar-refractivity contribution is 7.99. The molecule has 25 heavy (non-hydrogen) atoms. The van der Waals surface area contributed by atoms with Gasteiger partial charge in [0.05, 0.1) is 5.75 Å². The summed E-state index contributed by atoms with van der Waals surface area (Å²) in [4.78, 5) is 14.9. The number of amides is 1. The summed E-state index contributed by atoms with van der Waals surface area (Å²) >= 11 is 1.48. The zero-order valence-corrected chi connectivity index (χ0v) is 15.5. The SMILES string of the molecule is C=CCn1c(SCC(=O)NC2CCN(C3CC3)CC2)nnc1C1CC1. The minimum Gasteiger partial charge on any atom is -0.353 e. The first-order valence-electron chi connectivity index (χ1n) is 9.45. The van der Waals surface area contributed by atoms with Gasteiger partial charge in [0.15, 0.2) is 5.16 Å². The van der Waals surface area contributed by atoms with Crippen LogP contribution >= 0.6 is 11.8 Å². The summed E-state index contributed by atoms with van der Waals surface area (Å²) in [6, 6.07) is 1.17. The highest BCUT2D eigenvalue weighted by atomic mass is 32.2. The predicted octanol–water partition coefficient (Wildman–Crippen LogP) is 2.18. The van der Waals surface area contributed by atoms with Crippen molar-refractivity contribution in [2.45, 2.75) is 68.2 Å². The quantitative estimate of drug-likeness (QED) is 0.568. The molecule has 0 atom stereocenters.